The number of fused-ring (bicyclic) bond motifs is 1. The molecule has 0 amide bonds. The molecule has 0 bridgehead atoms. The summed E-state index contributed by atoms with van der Waals surface area (Å²) >= 11 is 0. The van der Waals surface area contributed by atoms with Crippen LogP contribution in [0.5, 0.6) is 11.5 Å². The number of carbonyl (C=O) groups is 1. The van der Waals surface area contributed by atoms with Gasteiger partial charge in [-0.1, -0.05) is 25.7 Å². The number of Topliss-reactive ketones (excluding diaryl/α,β-unsaturated/α-hetero) is 1. The summed E-state index contributed by atoms with van der Waals surface area (Å²) in [5.74, 6) is 3.44. The van der Waals surface area contributed by atoms with Gasteiger partial charge < -0.3 is 14.4 Å². The highest BCUT2D eigenvalue weighted by Gasteiger charge is 2.34. The molecular weight excluding hydrogens is 362 g/mol. The zero-order chi connectivity index (χ0) is 20.2. The normalized spacial score (nSPS) is 24.3. The van der Waals surface area contributed by atoms with Gasteiger partial charge in [0.15, 0.2) is 17.3 Å². The number of carbonyl (C=O) groups excluding carboxylic acids is 1. The Bertz CT molecular complexity index is 700. The van der Waals surface area contributed by atoms with Crippen molar-refractivity contribution in [3.8, 4) is 11.5 Å². The predicted molar refractivity (Wildman–Crippen MR) is 116 cm³/mol. The summed E-state index contributed by atoms with van der Waals surface area (Å²) in [4.78, 5) is 15.7. The van der Waals surface area contributed by atoms with Gasteiger partial charge in [0.2, 0.25) is 0 Å². The summed E-state index contributed by atoms with van der Waals surface area (Å²) in [6.45, 7) is 3.74. The van der Waals surface area contributed by atoms with Gasteiger partial charge in [-0.25, -0.2) is 0 Å². The Morgan fingerprint density at radius 2 is 1.55 bits per heavy atom. The van der Waals surface area contributed by atoms with E-state index in [0.29, 0.717) is 17.5 Å². The number of rotatable bonds is 6. The van der Waals surface area contributed by atoms with Gasteiger partial charge in [0.25, 0.3) is 0 Å². The largest absolute Gasteiger partial charge is 0.493 e. The van der Waals surface area contributed by atoms with Crippen LogP contribution in [0.15, 0.2) is 12.1 Å². The third-order valence-corrected chi connectivity index (χ3v) is 7.53. The van der Waals surface area contributed by atoms with E-state index in [-0.39, 0.29) is 5.92 Å². The Kier molecular flexibility index (Phi) is 6.79. The van der Waals surface area contributed by atoms with Crippen LogP contribution in [0, 0.1) is 17.8 Å². The fraction of sp³-hybridized carbons (Fsp3) is 0.720. The zero-order valence-corrected chi connectivity index (χ0v) is 18.3. The van der Waals surface area contributed by atoms with Crippen LogP contribution in [0.2, 0.25) is 0 Å². The first-order chi connectivity index (χ1) is 14.2. The van der Waals surface area contributed by atoms with Crippen molar-refractivity contribution in [3.63, 3.8) is 0 Å². The highest BCUT2D eigenvalue weighted by Crippen LogP contribution is 2.39. The van der Waals surface area contributed by atoms with E-state index in [2.05, 4.69) is 4.90 Å². The molecule has 1 heterocycles. The van der Waals surface area contributed by atoms with Crippen LogP contribution in [0.1, 0.15) is 73.7 Å². The lowest BCUT2D eigenvalue weighted by molar-refractivity contribution is 0.0890. The van der Waals surface area contributed by atoms with Crippen LogP contribution < -0.4 is 9.47 Å². The van der Waals surface area contributed by atoms with Gasteiger partial charge in [0.1, 0.15) is 0 Å². The molecule has 0 radical (unpaired) electrons. The van der Waals surface area contributed by atoms with E-state index in [4.69, 9.17) is 9.47 Å². The summed E-state index contributed by atoms with van der Waals surface area (Å²) < 4.78 is 10.8. The number of piperidine rings is 1. The first kappa shape index (κ1) is 20.7. The molecule has 1 aromatic rings. The van der Waals surface area contributed by atoms with E-state index in [9.17, 15) is 4.79 Å². The van der Waals surface area contributed by atoms with E-state index in [0.717, 1.165) is 35.6 Å². The summed E-state index contributed by atoms with van der Waals surface area (Å²) in [7, 11) is 3.28. The average molecular weight is 400 g/mol. The first-order valence-electron chi connectivity index (χ1n) is 11.7. The van der Waals surface area contributed by atoms with Crippen molar-refractivity contribution >= 4 is 5.78 Å². The van der Waals surface area contributed by atoms with Gasteiger partial charge in [0, 0.05) is 18.0 Å². The van der Waals surface area contributed by atoms with Crippen LogP contribution in [0.4, 0.5) is 0 Å². The summed E-state index contributed by atoms with van der Waals surface area (Å²) in [5.41, 5.74) is 1.97. The number of benzene rings is 1. The molecule has 3 aliphatic rings. The Labute approximate surface area is 175 Å². The molecule has 1 atom stereocenters. The number of hydrogen-bond acceptors (Lipinski definition) is 4. The van der Waals surface area contributed by atoms with Gasteiger partial charge in [-0.2, -0.15) is 0 Å². The van der Waals surface area contributed by atoms with Crippen molar-refractivity contribution in [1.82, 2.24) is 4.90 Å². The molecule has 1 saturated heterocycles. The van der Waals surface area contributed by atoms with E-state index < -0.39 is 0 Å². The monoisotopic (exact) mass is 399 g/mol. The molecule has 0 aromatic heterocycles. The molecule has 2 aliphatic carbocycles. The molecule has 0 spiro atoms. The number of ether oxygens (including phenoxy) is 2. The molecule has 4 rings (SSSR count). The lowest BCUT2D eigenvalue weighted by Gasteiger charge is -2.35. The summed E-state index contributed by atoms with van der Waals surface area (Å²) in [6, 6.07) is 3.88. The molecule has 160 valence electrons. The molecule has 1 aliphatic heterocycles. The second kappa shape index (κ2) is 9.51. The third-order valence-electron chi connectivity index (χ3n) is 7.53. The number of likely N-dealkylation sites (tertiary alicyclic amines) is 1. The zero-order valence-electron chi connectivity index (χ0n) is 18.3. The van der Waals surface area contributed by atoms with E-state index >= 15 is 0 Å². The SMILES string of the molecule is COc1cc2c(cc1OC)C(=O)C(CC1CCN(CC3CCCCCC3)CC1)C2. The second-order valence-electron chi connectivity index (χ2n) is 9.47. The smallest absolute Gasteiger partial charge is 0.166 e. The Morgan fingerprint density at radius 1 is 0.897 bits per heavy atom. The minimum Gasteiger partial charge on any atom is -0.493 e. The molecule has 1 unspecified atom stereocenters. The molecule has 29 heavy (non-hydrogen) atoms. The van der Waals surface area contributed by atoms with Gasteiger partial charge in [-0.15, -0.1) is 0 Å². The maximum absolute atomic E-state index is 13.0. The van der Waals surface area contributed by atoms with Crippen molar-refractivity contribution in [1.29, 1.82) is 0 Å². The lowest BCUT2D eigenvalue weighted by Crippen LogP contribution is -2.37. The van der Waals surface area contributed by atoms with Crippen molar-refractivity contribution in [2.24, 2.45) is 17.8 Å². The molecule has 0 N–H and O–H groups in total. The highest BCUT2D eigenvalue weighted by atomic mass is 16.5. The number of hydrogen-bond donors (Lipinski definition) is 0. The fourth-order valence-electron chi connectivity index (χ4n) is 5.81. The molecule has 1 aromatic carbocycles. The van der Waals surface area contributed by atoms with Crippen LogP contribution in [-0.4, -0.2) is 44.5 Å². The van der Waals surface area contributed by atoms with E-state index in [1.165, 1.54) is 71.0 Å². The molecule has 4 nitrogen and oxygen atoms in total. The van der Waals surface area contributed by atoms with Crippen molar-refractivity contribution in [3.05, 3.63) is 23.3 Å². The maximum atomic E-state index is 13.0. The second-order valence-corrected chi connectivity index (χ2v) is 9.47. The fourth-order valence-corrected chi connectivity index (χ4v) is 5.81. The van der Waals surface area contributed by atoms with E-state index in [1.54, 1.807) is 14.2 Å². The van der Waals surface area contributed by atoms with Crippen LogP contribution in [0.3, 0.4) is 0 Å². The Hall–Kier alpha value is -1.55. The number of methoxy groups -OCH3 is 2. The molecule has 2 fully saturated rings. The quantitative estimate of drug-likeness (QED) is 0.622. The third kappa shape index (κ3) is 4.79. The first-order valence-corrected chi connectivity index (χ1v) is 11.7. The predicted octanol–water partition coefficient (Wildman–Crippen LogP) is 5.13. The van der Waals surface area contributed by atoms with Gasteiger partial charge in [-0.3, -0.25) is 4.79 Å². The summed E-state index contributed by atoms with van der Waals surface area (Å²) in [5, 5.41) is 0. The van der Waals surface area contributed by atoms with Crippen molar-refractivity contribution in [2.75, 3.05) is 33.9 Å². The van der Waals surface area contributed by atoms with E-state index in [1.807, 2.05) is 12.1 Å². The number of nitrogens with zero attached hydrogens (tertiary/aromatic N) is 1. The molecule has 4 heteroatoms. The average Bonchev–Trinajstić information content (AvgIpc) is 2.90. The van der Waals surface area contributed by atoms with Crippen LogP contribution in [-0.2, 0) is 6.42 Å². The van der Waals surface area contributed by atoms with Gasteiger partial charge in [-0.05, 0) is 81.1 Å². The maximum Gasteiger partial charge on any atom is 0.166 e. The highest BCUT2D eigenvalue weighted by molar-refractivity contribution is 6.02. The minimum atomic E-state index is 0.139. The van der Waals surface area contributed by atoms with Crippen LogP contribution in [0.25, 0.3) is 0 Å². The lowest BCUT2D eigenvalue weighted by atomic mass is 9.85. The minimum absolute atomic E-state index is 0.139. The van der Waals surface area contributed by atoms with Crippen molar-refractivity contribution < 1.29 is 14.3 Å². The summed E-state index contributed by atoms with van der Waals surface area (Å²) in [6.07, 6.45) is 13.0. The van der Waals surface area contributed by atoms with Gasteiger partial charge >= 0.3 is 0 Å². The topological polar surface area (TPSA) is 38.8 Å². The van der Waals surface area contributed by atoms with Crippen molar-refractivity contribution in [2.45, 2.75) is 64.2 Å². The standard InChI is InChI=1S/C25H37NO3/c1-28-23-15-20-14-21(25(27)22(20)16-24(23)29-2)13-18-9-11-26(12-10-18)17-19-7-5-3-4-6-8-19/h15-16,18-19,21H,3-14,17H2,1-2H3. The number of ketones is 1. The Morgan fingerprint density at radius 3 is 2.21 bits per heavy atom. The Balaban J connectivity index is 1.29. The molecular formula is C25H37NO3. The van der Waals surface area contributed by atoms with Crippen LogP contribution >= 0.6 is 0 Å². The molecule has 1 saturated carbocycles. The van der Waals surface area contributed by atoms with Gasteiger partial charge in [0.05, 0.1) is 14.2 Å².